The first-order valence-electron chi connectivity index (χ1n) is 12.9. The standard InChI is InChI=1S/C28H30N4O5/c1-35-11-10-30-9-8-18(14-30)31-15-25(33)32-22(28(31)34)13-20-19-4-2-3-5-21(19)29-26(20)27(32)17-6-7-23-24(12-17)37-16-36-23/h2-7,12,18,22,27,29H,8-11,13-16H2,1H3/t18-,22-,27-/m1/s1. The van der Waals surface area contributed by atoms with Crippen molar-refractivity contribution < 1.29 is 23.8 Å². The Morgan fingerprint density at radius 1 is 1.11 bits per heavy atom. The predicted molar refractivity (Wildman–Crippen MR) is 135 cm³/mol. The zero-order valence-electron chi connectivity index (χ0n) is 20.8. The topological polar surface area (TPSA) is 87.3 Å². The molecule has 3 atom stereocenters. The van der Waals surface area contributed by atoms with Crippen LogP contribution in [-0.2, 0) is 20.7 Å². The summed E-state index contributed by atoms with van der Waals surface area (Å²) in [4.78, 5) is 37.5. The Kier molecular flexibility index (Phi) is 5.37. The minimum Gasteiger partial charge on any atom is -0.454 e. The number of likely N-dealkylation sites (tertiary alicyclic amines) is 1. The van der Waals surface area contributed by atoms with E-state index in [-0.39, 0.29) is 31.2 Å². The van der Waals surface area contributed by atoms with Gasteiger partial charge in [0.25, 0.3) is 0 Å². The summed E-state index contributed by atoms with van der Waals surface area (Å²) in [6, 6.07) is 13.1. The van der Waals surface area contributed by atoms with E-state index >= 15 is 0 Å². The molecule has 2 aromatic carbocycles. The molecule has 9 nitrogen and oxygen atoms in total. The maximum atomic E-state index is 14.1. The van der Waals surface area contributed by atoms with Crippen molar-refractivity contribution in [3.05, 3.63) is 59.3 Å². The number of carbonyl (C=O) groups excluding carboxylic acids is 2. The highest BCUT2D eigenvalue weighted by Crippen LogP contribution is 2.45. The van der Waals surface area contributed by atoms with E-state index in [1.807, 2.05) is 46.2 Å². The normalized spacial score (nSPS) is 25.2. The van der Waals surface area contributed by atoms with E-state index in [1.165, 1.54) is 0 Å². The molecule has 0 radical (unpaired) electrons. The number of ether oxygens (including phenoxy) is 3. The van der Waals surface area contributed by atoms with E-state index in [1.54, 1.807) is 7.11 Å². The van der Waals surface area contributed by atoms with Crippen LogP contribution in [0.1, 0.15) is 29.3 Å². The van der Waals surface area contributed by atoms with E-state index in [2.05, 4.69) is 16.0 Å². The van der Waals surface area contributed by atoms with Gasteiger partial charge in [0, 0.05) is 55.8 Å². The predicted octanol–water partition coefficient (Wildman–Crippen LogP) is 2.30. The molecule has 7 rings (SSSR count). The molecular formula is C28H30N4O5. The van der Waals surface area contributed by atoms with Crippen LogP contribution in [0.5, 0.6) is 11.5 Å². The number of hydrogen-bond donors (Lipinski definition) is 1. The smallest absolute Gasteiger partial charge is 0.246 e. The third-order valence-electron chi connectivity index (χ3n) is 8.31. The third-order valence-corrected chi connectivity index (χ3v) is 8.31. The van der Waals surface area contributed by atoms with E-state index in [9.17, 15) is 9.59 Å². The number of fused-ring (bicyclic) bond motifs is 5. The number of amides is 2. The van der Waals surface area contributed by atoms with E-state index in [4.69, 9.17) is 14.2 Å². The molecule has 4 aliphatic rings. The summed E-state index contributed by atoms with van der Waals surface area (Å²) >= 11 is 0. The molecule has 9 heteroatoms. The van der Waals surface area contributed by atoms with Gasteiger partial charge in [-0.05, 0) is 35.7 Å². The number of hydrogen-bond acceptors (Lipinski definition) is 6. The third kappa shape index (κ3) is 3.59. The second-order valence-electron chi connectivity index (χ2n) is 10.3. The van der Waals surface area contributed by atoms with Crippen LogP contribution in [0.15, 0.2) is 42.5 Å². The molecule has 2 amide bonds. The molecule has 1 aromatic heterocycles. The van der Waals surface area contributed by atoms with Crippen LogP contribution in [0.25, 0.3) is 10.9 Å². The zero-order chi connectivity index (χ0) is 25.1. The van der Waals surface area contributed by atoms with Crippen molar-refractivity contribution in [2.75, 3.05) is 46.7 Å². The van der Waals surface area contributed by atoms with Crippen molar-refractivity contribution >= 4 is 22.7 Å². The van der Waals surface area contributed by atoms with Crippen molar-refractivity contribution in [1.82, 2.24) is 19.7 Å². The lowest BCUT2D eigenvalue weighted by Crippen LogP contribution is -2.65. The number of benzene rings is 2. The van der Waals surface area contributed by atoms with Crippen LogP contribution < -0.4 is 9.47 Å². The largest absolute Gasteiger partial charge is 0.454 e. The Hall–Kier alpha value is -3.56. The number of aromatic nitrogens is 1. The first kappa shape index (κ1) is 22.6. The highest BCUT2D eigenvalue weighted by atomic mass is 16.7. The lowest BCUT2D eigenvalue weighted by molar-refractivity contribution is -0.160. The molecule has 0 unspecified atom stereocenters. The molecule has 5 heterocycles. The summed E-state index contributed by atoms with van der Waals surface area (Å²) in [6.45, 7) is 3.48. The lowest BCUT2D eigenvalue weighted by Gasteiger charge is -2.48. The number of nitrogens with zero attached hydrogens (tertiary/aromatic N) is 3. The monoisotopic (exact) mass is 502 g/mol. The molecule has 0 spiro atoms. The number of nitrogens with one attached hydrogen (secondary N) is 1. The van der Waals surface area contributed by atoms with Crippen LogP contribution in [0.4, 0.5) is 0 Å². The van der Waals surface area contributed by atoms with Crippen molar-refractivity contribution in [2.45, 2.75) is 31.0 Å². The number of H-pyrrole nitrogens is 1. The average Bonchev–Trinajstić information content (AvgIpc) is 3.66. The van der Waals surface area contributed by atoms with Gasteiger partial charge in [-0.1, -0.05) is 24.3 Å². The highest BCUT2D eigenvalue weighted by molar-refractivity contribution is 5.98. The molecule has 4 aliphatic heterocycles. The average molecular weight is 503 g/mol. The minimum absolute atomic E-state index is 0.0214. The number of para-hydroxylation sites is 1. The summed E-state index contributed by atoms with van der Waals surface area (Å²) in [5, 5.41) is 1.10. The Labute approximate surface area is 214 Å². The molecule has 2 saturated heterocycles. The van der Waals surface area contributed by atoms with E-state index < -0.39 is 12.1 Å². The Morgan fingerprint density at radius 3 is 2.86 bits per heavy atom. The maximum Gasteiger partial charge on any atom is 0.246 e. The van der Waals surface area contributed by atoms with Crippen molar-refractivity contribution in [3.63, 3.8) is 0 Å². The molecular weight excluding hydrogens is 472 g/mol. The second-order valence-corrected chi connectivity index (χ2v) is 10.3. The van der Waals surface area contributed by atoms with E-state index in [0.717, 1.165) is 53.8 Å². The molecule has 0 bridgehead atoms. The van der Waals surface area contributed by atoms with Gasteiger partial charge in [0.15, 0.2) is 11.5 Å². The van der Waals surface area contributed by atoms with Crippen molar-refractivity contribution in [2.24, 2.45) is 0 Å². The van der Waals surface area contributed by atoms with Crippen LogP contribution in [0, 0.1) is 0 Å². The van der Waals surface area contributed by atoms with Crippen LogP contribution >= 0.6 is 0 Å². The van der Waals surface area contributed by atoms with Crippen LogP contribution in [-0.4, -0.2) is 90.3 Å². The second kappa shape index (κ2) is 8.78. The summed E-state index contributed by atoms with van der Waals surface area (Å²) in [7, 11) is 1.70. The number of carbonyl (C=O) groups is 2. The summed E-state index contributed by atoms with van der Waals surface area (Å²) < 4.78 is 16.4. The SMILES string of the molecule is COCCN1CC[C@@H](N2CC(=O)N3[C@H](c4ccc5c(c4)OCO5)c4[nH]c5ccccc5c4C[C@@H]3C2=O)C1. The van der Waals surface area contributed by atoms with Crippen molar-refractivity contribution in [3.8, 4) is 11.5 Å². The molecule has 0 saturated carbocycles. The van der Waals surface area contributed by atoms with Crippen LogP contribution in [0.2, 0.25) is 0 Å². The fraction of sp³-hybridized carbons (Fsp3) is 0.429. The number of piperazine rings is 1. The highest BCUT2D eigenvalue weighted by Gasteiger charge is 2.50. The summed E-state index contributed by atoms with van der Waals surface area (Å²) in [5.41, 5.74) is 4.00. The Balaban J connectivity index is 1.28. The van der Waals surface area contributed by atoms with Gasteiger partial charge in [-0.15, -0.1) is 0 Å². The van der Waals surface area contributed by atoms with Gasteiger partial charge in [0.05, 0.1) is 12.6 Å². The first-order chi connectivity index (χ1) is 18.1. The van der Waals surface area contributed by atoms with E-state index in [0.29, 0.717) is 24.5 Å². The molecule has 37 heavy (non-hydrogen) atoms. The molecule has 0 aliphatic carbocycles. The van der Waals surface area contributed by atoms with Gasteiger partial charge >= 0.3 is 0 Å². The molecule has 2 fully saturated rings. The summed E-state index contributed by atoms with van der Waals surface area (Å²) in [6.07, 6.45) is 1.38. The van der Waals surface area contributed by atoms with Gasteiger partial charge in [-0.2, -0.15) is 0 Å². The van der Waals surface area contributed by atoms with Gasteiger partial charge in [0.1, 0.15) is 12.6 Å². The lowest BCUT2D eigenvalue weighted by atomic mass is 9.85. The van der Waals surface area contributed by atoms with Gasteiger partial charge < -0.3 is 29.0 Å². The fourth-order valence-electron chi connectivity index (χ4n) is 6.52. The quantitative estimate of drug-likeness (QED) is 0.576. The minimum atomic E-state index is -0.545. The van der Waals surface area contributed by atoms with Gasteiger partial charge in [-0.3, -0.25) is 14.5 Å². The molecule has 3 aromatic rings. The van der Waals surface area contributed by atoms with Crippen molar-refractivity contribution in [1.29, 1.82) is 0 Å². The number of aromatic amines is 1. The zero-order valence-corrected chi connectivity index (χ0v) is 20.8. The number of rotatable bonds is 5. The fourth-order valence-corrected chi connectivity index (χ4v) is 6.52. The number of methoxy groups -OCH3 is 1. The Bertz CT molecular complexity index is 1390. The van der Waals surface area contributed by atoms with Gasteiger partial charge in [0.2, 0.25) is 18.6 Å². The first-order valence-corrected chi connectivity index (χ1v) is 12.9. The molecule has 1 N–H and O–H groups in total. The maximum absolute atomic E-state index is 14.1. The van der Waals surface area contributed by atoms with Crippen LogP contribution in [0.3, 0.4) is 0 Å². The Morgan fingerprint density at radius 2 is 1.97 bits per heavy atom. The molecule has 192 valence electrons. The summed E-state index contributed by atoms with van der Waals surface area (Å²) in [5.74, 6) is 1.38. The van der Waals surface area contributed by atoms with Gasteiger partial charge in [-0.25, -0.2) is 0 Å².